The van der Waals surface area contributed by atoms with Crippen molar-refractivity contribution in [2.24, 2.45) is 5.73 Å². The number of ether oxygens (including phenoxy) is 1. The molecule has 8 nitrogen and oxygen atoms in total. The van der Waals surface area contributed by atoms with E-state index in [1.807, 2.05) is 0 Å². The molecular weight excluding hydrogens is 408 g/mol. The number of aromatic nitrogens is 3. The Morgan fingerprint density at radius 3 is 2.69 bits per heavy atom. The van der Waals surface area contributed by atoms with Gasteiger partial charge in [0.05, 0.1) is 30.6 Å². The number of alkyl halides is 2. The van der Waals surface area contributed by atoms with Gasteiger partial charge in [-0.15, -0.1) is 0 Å². The van der Waals surface area contributed by atoms with Gasteiger partial charge in [-0.25, -0.2) is 23.7 Å². The zero-order valence-electron chi connectivity index (χ0n) is 15.0. The van der Waals surface area contributed by atoms with Gasteiger partial charge in [0.2, 0.25) is 5.91 Å². The average molecular weight is 424 g/mol. The lowest BCUT2D eigenvalue weighted by Crippen LogP contribution is -2.53. The van der Waals surface area contributed by atoms with Crippen LogP contribution in [0.25, 0.3) is 11.4 Å². The lowest BCUT2D eigenvalue weighted by Gasteiger charge is -2.41. The largest absolute Gasteiger partial charge is 0.377 e. The number of pyridine rings is 1. The van der Waals surface area contributed by atoms with Crippen molar-refractivity contribution in [2.45, 2.75) is 18.5 Å². The van der Waals surface area contributed by atoms with Crippen LogP contribution in [0.1, 0.15) is 22.1 Å². The molecule has 0 aliphatic carbocycles. The van der Waals surface area contributed by atoms with E-state index in [9.17, 15) is 18.4 Å². The van der Waals surface area contributed by atoms with Crippen LogP contribution in [0.5, 0.6) is 0 Å². The molecule has 1 aliphatic rings. The van der Waals surface area contributed by atoms with Crippen molar-refractivity contribution in [3.05, 3.63) is 53.6 Å². The van der Waals surface area contributed by atoms with Crippen molar-refractivity contribution in [3.8, 4) is 11.4 Å². The molecule has 1 unspecified atom stereocenters. The Hall–Kier alpha value is -2.98. The van der Waals surface area contributed by atoms with E-state index in [1.165, 1.54) is 18.2 Å². The van der Waals surface area contributed by atoms with Crippen molar-refractivity contribution < 1.29 is 23.1 Å². The summed E-state index contributed by atoms with van der Waals surface area (Å²) in [6.07, 6.45) is -0.693. The van der Waals surface area contributed by atoms with E-state index in [2.05, 4.69) is 21.5 Å². The van der Waals surface area contributed by atoms with Crippen LogP contribution in [0.15, 0.2) is 37.2 Å². The molecule has 0 bridgehead atoms. The first-order chi connectivity index (χ1) is 13.8. The Morgan fingerprint density at radius 2 is 2.03 bits per heavy atom. The Labute approximate surface area is 169 Å². The highest BCUT2D eigenvalue weighted by Crippen LogP contribution is 2.33. The predicted molar refractivity (Wildman–Crippen MR) is 99.2 cm³/mol. The van der Waals surface area contributed by atoms with Crippen molar-refractivity contribution in [1.82, 2.24) is 19.9 Å². The van der Waals surface area contributed by atoms with Crippen LogP contribution in [0.4, 0.5) is 8.78 Å². The maximum Gasteiger partial charge on any atom is 0.267 e. The van der Waals surface area contributed by atoms with Crippen LogP contribution in [0, 0.1) is 0 Å². The number of hydrogen-bond acceptors (Lipinski definition) is 6. The summed E-state index contributed by atoms with van der Waals surface area (Å²) >= 11 is 6.12. The molecule has 0 saturated carbocycles. The number of amides is 2. The van der Waals surface area contributed by atoms with Crippen LogP contribution in [0.3, 0.4) is 0 Å². The third kappa shape index (κ3) is 4.38. The molecule has 1 fully saturated rings. The van der Waals surface area contributed by atoms with E-state index >= 15 is 0 Å². The Kier molecular flexibility index (Phi) is 6.14. The molecule has 2 atom stereocenters. The van der Waals surface area contributed by atoms with E-state index in [0.717, 1.165) is 17.3 Å². The van der Waals surface area contributed by atoms with Crippen LogP contribution >= 0.6 is 11.6 Å². The van der Waals surface area contributed by atoms with Gasteiger partial charge in [-0.2, -0.15) is 0 Å². The third-order valence-corrected chi connectivity index (χ3v) is 4.55. The Bertz CT molecular complexity index is 959. The summed E-state index contributed by atoms with van der Waals surface area (Å²) in [6, 6.07) is 2.04. The summed E-state index contributed by atoms with van der Waals surface area (Å²) in [7, 11) is 0. The summed E-state index contributed by atoms with van der Waals surface area (Å²) in [4.78, 5) is 36.7. The topological polar surface area (TPSA) is 111 Å². The number of morpholine rings is 1. The van der Waals surface area contributed by atoms with Crippen molar-refractivity contribution in [2.75, 3.05) is 13.2 Å². The van der Waals surface area contributed by atoms with E-state index < -0.39 is 30.3 Å². The van der Waals surface area contributed by atoms with Gasteiger partial charge in [0.15, 0.2) is 0 Å². The molecule has 1 aliphatic heterocycles. The Balaban J connectivity index is 2.06. The minimum atomic E-state index is -2.81. The lowest BCUT2D eigenvalue weighted by molar-refractivity contribution is -0.151. The number of rotatable bonds is 5. The molecule has 3 heterocycles. The van der Waals surface area contributed by atoms with E-state index in [0.29, 0.717) is 5.56 Å². The van der Waals surface area contributed by atoms with Gasteiger partial charge in [-0.3, -0.25) is 9.59 Å². The number of carbonyl (C=O) groups excluding carboxylic acids is 2. The number of nitrogens with two attached hydrogens (primary N) is 1. The van der Waals surface area contributed by atoms with Crippen molar-refractivity contribution in [1.29, 1.82) is 0 Å². The van der Waals surface area contributed by atoms with Gasteiger partial charge in [-0.05, 0) is 29.8 Å². The van der Waals surface area contributed by atoms with E-state index in [1.54, 1.807) is 0 Å². The molecular formula is C18H16ClF2N5O3. The summed E-state index contributed by atoms with van der Waals surface area (Å²) < 4.78 is 32.3. The molecule has 0 aromatic carbocycles. The van der Waals surface area contributed by atoms with Gasteiger partial charge in [-0.1, -0.05) is 18.2 Å². The fourth-order valence-electron chi connectivity index (χ4n) is 3.04. The SMILES string of the molecule is C=CC(=O)N1C(C(F)F)COC[C@H]1c1cc(Cl)nc(-c2cc(C(N)=O)ncn2)c1. The van der Waals surface area contributed by atoms with E-state index in [-0.39, 0.29) is 35.4 Å². The fraction of sp³-hybridized carbons (Fsp3) is 0.278. The second kappa shape index (κ2) is 8.58. The van der Waals surface area contributed by atoms with Crippen LogP contribution in [-0.4, -0.2) is 57.3 Å². The molecule has 3 rings (SSSR count). The van der Waals surface area contributed by atoms with Crippen LogP contribution < -0.4 is 5.73 Å². The summed E-state index contributed by atoms with van der Waals surface area (Å²) in [6.45, 7) is 3.08. The third-order valence-electron chi connectivity index (χ3n) is 4.36. The van der Waals surface area contributed by atoms with Gasteiger partial charge < -0.3 is 15.4 Å². The van der Waals surface area contributed by atoms with Crippen LogP contribution in [0.2, 0.25) is 5.15 Å². The maximum atomic E-state index is 13.5. The molecule has 2 N–H and O–H groups in total. The van der Waals surface area contributed by atoms with Gasteiger partial charge in [0, 0.05) is 0 Å². The number of hydrogen-bond donors (Lipinski definition) is 1. The zero-order valence-corrected chi connectivity index (χ0v) is 15.7. The molecule has 152 valence electrons. The first-order valence-electron chi connectivity index (χ1n) is 8.42. The first kappa shape index (κ1) is 20.7. The summed E-state index contributed by atoms with van der Waals surface area (Å²) in [5.41, 5.74) is 6.12. The zero-order chi connectivity index (χ0) is 21.1. The van der Waals surface area contributed by atoms with Crippen LogP contribution in [-0.2, 0) is 9.53 Å². The molecule has 0 radical (unpaired) electrons. The monoisotopic (exact) mass is 423 g/mol. The number of nitrogens with zero attached hydrogens (tertiary/aromatic N) is 4. The lowest BCUT2D eigenvalue weighted by atomic mass is 10.0. The second-order valence-corrected chi connectivity index (χ2v) is 6.55. The molecule has 1 saturated heterocycles. The summed E-state index contributed by atoms with van der Waals surface area (Å²) in [5, 5.41) is 0.0434. The maximum absolute atomic E-state index is 13.5. The molecule has 11 heteroatoms. The molecule has 2 amide bonds. The fourth-order valence-corrected chi connectivity index (χ4v) is 3.26. The molecule has 0 spiro atoms. The molecule has 2 aromatic heterocycles. The highest BCUT2D eigenvalue weighted by atomic mass is 35.5. The second-order valence-electron chi connectivity index (χ2n) is 6.17. The smallest absolute Gasteiger partial charge is 0.267 e. The number of halogens is 3. The van der Waals surface area contributed by atoms with E-state index in [4.69, 9.17) is 22.1 Å². The van der Waals surface area contributed by atoms with Gasteiger partial charge >= 0.3 is 0 Å². The Morgan fingerprint density at radius 1 is 1.28 bits per heavy atom. The standard InChI is InChI=1S/C18H16ClF2N5O3/c1-2-16(27)26-13(6-29-7-14(26)17(20)21)9-3-11(25-15(19)4-9)10-5-12(18(22)28)24-8-23-10/h2-5,8,13-14,17H,1,6-7H2,(H2,22,28)/t13-,14?/m0/s1. The number of carbonyl (C=O) groups is 2. The molecule has 29 heavy (non-hydrogen) atoms. The van der Waals surface area contributed by atoms with Crippen molar-refractivity contribution >= 4 is 23.4 Å². The average Bonchev–Trinajstić information content (AvgIpc) is 2.72. The van der Waals surface area contributed by atoms with Crippen molar-refractivity contribution in [3.63, 3.8) is 0 Å². The summed E-state index contributed by atoms with van der Waals surface area (Å²) in [5.74, 6) is -1.41. The highest BCUT2D eigenvalue weighted by molar-refractivity contribution is 6.29. The van der Waals surface area contributed by atoms with Gasteiger partial charge in [0.25, 0.3) is 12.3 Å². The minimum absolute atomic E-state index is 0.0150. The highest BCUT2D eigenvalue weighted by Gasteiger charge is 2.40. The minimum Gasteiger partial charge on any atom is -0.377 e. The first-order valence-corrected chi connectivity index (χ1v) is 8.80. The quantitative estimate of drug-likeness (QED) is 0.581. The molecule has 2 aromatic rings. The number of primary amides is 1. The van der Waals surface area contributed by atoms with Gasteiger partial charge in [0.1, 0.15) is 23.2 Å². The normalized spacial score (nSPS) is 19.2. The predicted octanol–water partition coefficient (Wildman–Crippen LogP) is 2.01.